The fraction of sp³-hybridized carbons (Fsp3) is 0.571. The first-order valence-corrected chi connectivity index (χ1v) is 6.70. The Morgan fingerprint density at radius 3 is 2.89 bits per heavy atom. The zero-order valence-electron chi connectivity index (χ0n) is 11.5. The van der Waals surface area contributed by atoms with E-state index in [0.29, 0.717) is 19.8 Å². The van der Waals surface area contributed by atoms with Crippen molar-refractivity contribution < 1.29 is 9.47 Å². The minimum absolute atomic E-state index is 0.0666. The highest BCUT2D eigenvalue weighted by atomic mass is 16.5. The summed E-state index contributed by atoms with van der Waals surface area (Å²) in [6, 6.07) is 5.90. The Balaban J connectivity index is 2.10. The molecule has 0 aromatic heterocycles. The minimum Gasteiger partial charge on any atom is -0.784 e. The lowest BCUT2D eigenvalue weighted by Gasteiger charge is -2.20. The van der Waals surface area contributed by atoms with Gasteiger partial charge in [-0.25, -0.2) is 0 Å². The normalized spacial score (nSPS) is 19.6. The number of benzene rings is 1. The molecule has 1 N–H and O–H groups in total. The Morgan fingerprint density at radius 1 is 1.42 bits per heavy atom. The molecule has 1 aliphatic rings. The van der Waals surface area contributed by atoms with Crippen molar-refractivity contribution in [2.24, 2.45) is 0 Å². The van der Waals surface area contributed by atoms with Crippen molar-refractivity contribution in [3.05, 3.63) is 29.0 Å². The van der Waals surface area contributed by atoms with Crippen LogP contribution in [0.3, 0.4) is 0 Å². The maximum atomic E-state index is 11.2. The quantitative estimate of drug-likeness (QED) is 0.800. The summed E-state index contributed by atoms with van der Waals surface area (Å²) in [5.74, 6) is 1.48. The topological polar surface area (TPSA) is 56.8 Å². The molecule has 5 heteroatoms. The van der Waals surface area contributed by atoms with E-state index in [1.54, 1.807) is 7.11 Å². The van der Waals surface area contributed by atoms with Crippen LogP contribution in [0.2, 0.25) is 0 Å². The number of hydrogen-bond acceptors (Lipinski definition) is 5. The van der Waals surface area contributed by atoms with Gasteiger partial charge in [0.25, 0.3) is 0 Å². The van der Waals surface area contributed by atoms with Crippen molar-refractivity contribution in [1.29, 1.82) is 0 Å². The van der Waals surface area contributed by atoms with Gasteiger partial charge in [-0.3, -0.25) is 5.32 Å². The SMILES string of the molecule is CCCCOc1cc(C2CN([O-])CN2)ccc1OC. The molecule has 1 aromatic carbocycles. The van der Waals surface area contributed by atoms with Gasteiger partial charge in [-0.1, -0.05) is 19.4 Å². The van der Waals surface area contributed by atoms with Crippen LogP contribution < -0.4 is 14.8 Å². The zero-order valence-corrected chi connectivity index (χ0v) is 11.5. The van der Waals surface area contributed by atoms with Crippen LogP contribution in [0.1, 0.15) is 31.4 Å². The molecule has 19 heavy (non-hydrogen) atoms. The van der Waals surface area contributed by atoms with E-state index >= 15 is 0 Å². The van der Waals surface area contributed by atoms with Crippen LogP contribution in [-0.2, 0) is 0 Å². The van der Waals surface area contributed by atoms with E-state index < -0.39 is 0 Å². The molecule has 0 bridgehead atoms. The first-order valence-electron chi connectivity index (χ1n) is 6.70. The van der Waals surface area contributed by atoms with Gasteiger partial charge in [0.05, 0.1) is 13.7 Å². The van der Waals surface area contributed by atoms with Crippen LogP contribution in [0, 0.1) is 5.21 Å². The van der Waals surface area contributed by atoms with Gasteiger partial charge in [0.15, 0.2) is 11.5 Å². The predicted molar refractivity (Wildman–Crippen MR) is 74.2 cm³/mol. The zero-order chi connectivity index (χ0) is 13.7. The number of nitrogens with zero attached hydrogens (tertiary/aromatic N) is 1. The second-order valence-corrected chi connectivity index (χ2v) is 4.69. The lowest BCUT2D eigenvalue weighted by molar-refractivity contribution is 0.287. The van der Waals surface area contributed by atoms with E-state index in [2.05, 4.69) is 12.2 Å². The van der Waals surface area contributed by atoms with Crippen molar-refractivity contribution in [3.63, 3.8) is 0 Å². The summed E-state index contributed by atoms with van der Waals surface area (Å²) >= 11 is 0. The summed E-state index contributed by atoms with van der Waals surface area (Å²) < 4.78 is 11.0. The van der Waals surface area contributed by atoms with Gasteiger partial charge < -0.3 is 19.7 Å². The van der Waals surface area contributed by atoms with Gasteiger partial charge in [-0.15, -0.1) is 0 Å². The Kier molecular flexibility index (Phi) is 5.01. The van der Waals surface area contributed by atoms with Crippen molar-refractivity contribution in [3.8, 4) is 11.5 Å². The predicted octanol–water partition coefficient (Wildman–Crippen LogP) is 2.28. The van der Waals surface area contributed by atoms with Gasteiger partial charge in [0.2, 0.25) is 0 Å². The average Bonchev–Trinajstić information content (AvgIpc) is 2.85. The molecule has 0 radical (unpaired) electrons. The molecule has 1 saturated heterocycles. The highest BCUT2D eigenvalue weighted by Gasteiger charge is 2.19. The highest BCUT2D eigenvalue weighted by Crippen LogP contribution is 2.31. The summed E-state index contributed by atoms with van der Waals surface area (Å²) in [4.78, 5) is 0. The third-order valence-corrected chi connectivity index (χ3v) is 3.25. The van der Waals surface area contributed by atoms with E-state index in [9.17, 15) is 5.21 Å². The smallest absolute Gasteiger partial charge is 0.161 e. The Hall–Kier alpha value is -1.30. The molecule has 2 rings (SSSR count). The lowest BCUT2D eigenvalue weighted by atomic mass is 10.1. The molecular weight excluding hydrogens is 244 g/mol. The van der Waals surface area contributed by atoms with Gasteiger partial charge >= 0.3 is 0 Å². The third kappa shape index (κ3) is 3.59. The Morgan fingerprint density at radius 2 is 2.26 bits per heavy atom. The van der Waals surface area contributed by atoms with Crippen LogP contribution in [0.15, 0.2) is 18.2 Å². The van der Waals surface area contributed by atoms with Gasteiger partial charge in [-0.2, -0.15) is 0 Å². The van der Waals surface area contributed by atoms with Crippen molar-refractivity contribution in [1.82, 2.24) is 10.4 Å². The first kappa shape index (κ1) is 14.1. The number of hydrogen-bond donors (Lipinski definition) is 1. The van der Waals surface area contributed by atoms with Gasteiger partial charge in [0, 0.05) is 19.3 Å². The molecule has 1 unspecified atom stereocenters. The molecule has 1 aliphatic heterocycles. The fourth-order valence-electron chi connectivity index (χ4n) is 2.12. The van der Waals surface area contributed by atoms with E-state index in [-0.39, 0.29) is 6.04 Å². The standard InChI is InChI=1S/C14H21N2O3/c1-3-4-7-19-14-8-11(5-6-13(14)18-2)12-9-16(17)10-15-12/h5-6,8,12,15H,3-4,7,9-10H2,1-2H3/q-1. The molecule has 0 saturated carbocycles. The lowest BCUT2D eigenvalue weighted by Crippen LogP contribution is -2.15. The van der Waals surface area contributed by atoms with Gasteiger partial charge in [0.1, 0.15) is 0 Å². The number of methoxy groups -OCH3 is 1. The van der Waals surface area contributed by atoms with Crippen LogP contribution in [0.25, 0.3) is 0 Å². The molecule has 0 aliphatic carbocycles. The molecule has 5 nitrogen and oxygen atoms in total. The number of nitrogens with one attached hydrogen (secondary N) is 1. The Labute approximate surface area is 114 Å². The maximum absolute atomic E-state index is 11.2. The van der Waals surface area contributed by atoms with Crippen LogP contribution in [0.5, 0.6) is 11.5 Å². The fourth-order valence-corrected chi connectivity index (χ4v) is 2.12. The molecule has 106 valence electrons. The molecule has 0 amide bonds. The molecule has 1 atom stereocenters. The summed E-state index contributed by atoms with van der Waals surface area (Å²) in [5, 5.41) is 15.4. The van der Waals surface area contributed by atoms with Crippen molar-refractivity contribution >= 4 is 0 Å². The second-order valence-electron chi connectivity index (χ2n) is 4.69. The van der Waals surface area contributed by atoms with E-state index in [0.717, 1.165) is 35.0 Å². The largest absolute Gasteiger partial charge is 0.784 e. The Bertz CT molecular complexity index is 412. The van der Waals surface area contributed by atoms with E-state index in [1.165, 1.54) is 0 Å². The van der Waals surface area contributed by atoms with Crippen LogP contribution in [-0.4, -0.2) is 32.0 Å². The summed E-state index contributed by atoms with van der Waals surface area (Å²) in [5.41, 5.74) is 1.06. The second kappa shape index (κ2) is 6.75. The molecule has 1 aromatic rings. The number of unbranched alkanes of at least 4 members (excludes halogenated alkanes) is 1. The van der Waals surface area contributed by atoms with Crippen LogP contribution in [0.4, 0.5) is 0 Å². The van der Waals surface area contributed by atoms with Crippen molar-refractivity contribution in [2.45, 2.75) is 25.8 Å². The molecular formula is C14H21N2O3-. The molecule has 0 spiro atoms. The minimum atomic E-state index is 0.0666. The molecule has 1 heterocycles. The summed E-state index contributed by atoms with van der Waals surface area (Å²) in [7, 11) is 1.63. The number of hydroxylamine groups is 2. The summed E-state index contributed by atoms with van der Waals surface area (Å²) in [6.07, 6.45) is 2.11. The van der Waals surface area contributed by atoms with E-state index in [1.807, 2.05) is 18.2 Å². The average molecular weight is 265 g/mol. The van der Waals surface area contributed by atoms with E-state index in [4.69, 9.17) is 9.47 Å². The number of ether oxygens (including phenoxy) is 2. The molecule has 1 fully saturated rings. The first-order chi connectivity index (χ1) is 9.24. The number of rotatable bonds is 6. The van der Waals surface area contributed by atoms with Crippen LogP contribution >= 0.6 is 0 Å². The maximum Gasteiger partial charge on any atom is 0.161 e. The van der Waals surface area contributed by atoms with Gasteiger partial charge in [-0.05, 0) is 24.1 Å². The monoisotopic (exact) mass is 265 g/mol. The summed E-state index contributed by atoms with van der Waals surface area (Å²) in [6.45, 7) is 3.66. The van der Waals surface area contributed by atoms with Crippen molar-refractivity contribution in [2.75, 3.05) is 26.9 Å². The third-order valence-electron chi connectivity index (χ3n) is 3.25. The highest BCUT2D eigenvalue weighted by molar-refractivity contribution is 5.44.